The molecular formula is C43H36O20. The lowest BCUT2D eigenvalue weighted by Gasteiger charge is -2.39. The van der Waals surface area contributed by atoms with Crippen molar-refractivity contribution in [3.8, 4) is 80.5 Å². The summed E-state index contributed by atoms with van der Waals surface area (Å²) in [6.45, 7) is 0. The first-order chi connectivity index (χ1) is 29.8. The van der Waals surface area contributed by atoms with Gasteiger partial charge in [0.05, 0.1) is 16.7 Å². The first-order valence-corrected chi connectivity index (χ1v) is 18.9. The number of rotatable bonds is 6. The second-order valence-corrected chi connectivity index (χ2v) is 15.3. The zero-order valence-corrected chi connectivity index (χ0v) is 32.2. The SMILES string of the molecule is O=C(OC1Cc2c(O)cc(O)cc2OC1[C@@H]1Cc2c([C@H]3Oc4cc(O)cc(O)c4C[C@H]3OC(=O)c3cc(O)c(O)c(O)c3)cc(O)c(O)c2C(=O)C(O)C1)c1cc(O)c(O)c(O)c1. The van der Waals surface area contributed by atoms with Crippen molar-refractivity contribution >= 4 is 17.7 Å². The Labute approximate surface area is 353 Å². The van der Waals surface area contributed by atoms with E-state index in [4.69, 9.17) is 18.9 Å². The minimum Gasteiger partial charge on any atom is -0.508 e. The zero-order valence-electron chi connectivity index (χ0n) is 32.2. The number of carbonyl (C=O) groups excluding carboxylic acids is 3. The number of benzene rings is 5. The normalized spacial score (nSPS) is 21.4. The van der Waals surface area contributed by atoms with Crippen LogP contribution >= 0.6 is 0 Å². The van der Waals surface area contributed by atoms with Gasteiger partial charge < -0.3 is 85.3 Å². The summed E-state index contributed by atoms with van der Waals surface area (Å²) in [7, 11) is 0. The molecule has 3 aliphatic rings. The summed E-state index contributed by atoms with van der Waals surface area (Å²) >= 11 is 0. The number of esters is 2. The van der Waals surface area contributed by atoms with Crippen molar-refractivity contribution in [3.05, 3.63) is 93.5 Å². The van der Waals surface area contributed by atoms with Crippen molar-refractivity contribution in [2.24, 2.45) is 5.92 Å². The van der Waals surface area contributed by atoms with Gasteiger partial charge in [-0.2, -0.15) is 0 Å². The van der Waals surface area contributed by atoms with Gasteiger partial charge in [-0.05, 0) is 48.7 Å². The number of fused-ring (bicyclic) bond motifs is 3. The molecule has 1 aliphatic carbocycles. The highest BCUT2D eigenvalue weighted by Crippen LogP contribution is 2.50. The summed E-state index contributed by atoms with van der Waals surface area (Å²) in [6.07, 6.45) is -9.41. The molecule has 0 amide bonds. The molecule has 3 unspecified atom stereocenters. The summed E-state index contributed by atoms with van der Waals surface area (Å²) in [6, 6.07) is 8.45. The Morgan fingerprint density at radius 2 is 0.984 bits per heavy atom. The maximum Gasteiger partial charge on any atom is 0.338 e. The van der Waals surface area contributed by atoms with Crippen LogP contribution in [0.4, 0.5) is 0 Å². The quantitative estimate of drug-likeness (QED) is 0.0660. The Balaban J connectivity index is 1.24. The first kappa shape index (κ1) is 41.6. The molecule has 8 rings (SSSR count). The highest BCUT2D eigenvalue weighted by molar-refractivity contribution is 6.04. The summed E-state index contributed by atoms with van der Waals surface area (Å²) in [5, 5.41) is 136. The minimum absolute atomic E-state index is 0.0254. The van der Waals surface area contributed by atoms with E-state index in [0.717, 1.165) is 54.6 Å². The number of phenolic OH excluding ortho intramolecular Hbond substituents is 12. The molecule has 0 aromatic heterocycles. The van der Waals surface area contributed by atoms with Crippen molar-refractivity contribution in [1.29, 1.82) is 0 Å². The number of ketones is 1. The van der Waals surface area contributed by atoms with Crippen molar-refractivity contribution in [2.75, 3.05) is 0 Å². The van der Waals surface area contributed by atoms with Gasteiger partial charge >= 0.3 is 11.9 Å². The van der Waals surface area contributed by atoms with E-state index in [2.05, 4.69) is 0 Å². The fraction of sp³-hybridized carbons (Fsp3) is 0.233. The first-order valence-electron chi connectivity index (χ1n) is 18.9. The third-order valence-corrected chi connectivity index (χ3v) is 11.2. The highest BCUT2D eigenvalue weighted by atomic mass is 16.6. The topological polar surface area (TPSA) is 351 Å². The number of Topliss-reactive ketones (excluding diaryl/α,β-unsaturated/α-hetero) is 1. The van der Waals surface area contributed by atoms with Gasteiger partial charge in [0, 0.05) is 59.7 Å². The van der Waals surface area contributed by atoms with E-state index < -0.39 is 146 Å². The van der Waals surface area contributed by atoms with E-state index in [-0.39, 0.29) is 53.0 Å². The van der Waals surface area contributed by atoms with Crippen molar-refractivity contribution in [3.63, 3.8) is 0 Å². The predicted molar refractivity (Wildman–Crippen MR) is 208 cm³/mol. The number of phenols is 12. The molecule has 0 spiro atoms. The largest absolute Gasteiger partial charge is 0.508 e. The molecule has 20 heteroatoms. The molecule has 5 aromatic carbocycles. The Morgan fingerprint density at radius 1 is 0.524 bits per heavy atom. The van der Waals surface area contributed by atoms with Gasteiger partial charge in [0.25, 0.3) is 0 Å². The van der Waals surface area contributed by atoms with Gasteiger partial charge in [-0.1, -0.05) is 0 Å². The summed E-state index contributed by atoms with van der Waals surface area (Å²) in [5.74, 6) is -13.9. The Morgan fingerprint density at radius 3 is 1.51 bits per heavy atom. The zero-order chi connectivity index (χ0) is 45.3. The van der Waals surface area contributed by atoms with Crippen LogP contribution in [0.2, 0.25) is 0 Å². The molecule has 0 saturated carbocycles. The van der Waals surface area contributed by atoms with E-state index in [1.807, 2.05) is 0 Å². The van der Waals surface area contributed by atoms with Crippen LogP contribution in [0, 0.1) is 5.92 Å². The van der Waals surface area contributed by atoms with E-state index in [0.29, 0.717) is 0 Å². The number of aliphatic hydroxyl groups excluding tert-OH is 1. The Bertz CT molecular complexity index is 2700. The predicted octanol–water partition coefficient (Wildman–Crippen LogP) is 3.39. The lowest BCUT2D eigenvalue weighted by atomic mass is 9.81. The maximum atomic E-state index is 14.1. The molecule has 63 heavy (non-hydrogen) atoms. The Hall–Kier alpha value is -8.13. The van der Waals surface area contributed by atoms with E-state index in [1.54, 1.807) is 0 Å². The fourth-order valence-electron chi connectivity index (χ4n) is 8.26. The number of aromatic hydroxyl groups is 12. The number of carbonyl (C=O) groups is 3. The molecule has 6 atom stereocenters. The van der Waals surface area contributed by atoms with Crippen LogP contribution in [0.3, 0.4) is 0 Å². The van der Waals surface area contributed by atoms with Gasteiger partial charge in [0.15, 0.2) is 57.9 Å². The van der Waals surface area contributed by atoms with E-state index in [9.17, 15) is 80.8 Å². The monoisotopic (exact) mass is 872 g/mol. The van der Waals surface area contributed by atoms with Crippen LogP contribution in [0.15, 0.2) is 54.6 Å². The molecule has 0 bridgehead atoms. The number of ether oxygens (including phenoxy) is 4. The molecule has 13 N–H and O–H groups in total. The fourth-order valence-corrected chi connectivity index (χ4v) is 8.26. The van der Waals surface area contributed by atoms with Crippen LogP contribution in [-0.2, 0) is 28.7 Å². The van der Waals surface area contributed by atoms with Crippen LogP contribution in [0.5, 0.6) is 80.5 Å². The van der Waals surface area contributed by atoms with Crippen molar-refractivity contribution in [1.82, 2.24) is 0 Å². The third kappa shape index (κ3) is 7.41. The second-order valence-electron chi connectivity index (χ2n) is 15.3. The summed E-state index contributed by atoms with van der Waals surface area (Å²) < 4.78 is 24.2. The second kappa shape index (κ2) is 15.4. The Kier molecular flexibility index (Phi) is 10.2. The van der Waals surface area contributed by atoms with Crippen molar-refractivity contribution in [2.45, 2.75) is 56.2 Å². The number of hydrogen-bond donors (Lipinski definition) is 13. The van der Waals surface area contributed by atoms with E-state index >= 15 is 0 Å². The van der Waals surface area contributed by atoms with Gasteiger partial charge in [0.1, 0.15) is 58.9 Å². The molecule has 2 aliphatic heterocycles. The van der Waals surface area contributed by atoms with Gasteiger partial charge in [-0.3, -0.25) is 4.79 Å². The standard InChI is InChI=1S/C43H36O20/c44-17-7-23(46)21-12-33(62-42(58)15-3-25(48)36(54)26(49)4-15)40(60-31(21)9-17)14-1-19-20(11-30(53)39(57)35(19)38(56)29(52)2-14)41-34(13-22-24(47)8-18(45)10-32(22)61-41)63-43(59)16-5-27(50)37(55)28(51)6-16/h3-11,14,29,33-34,40-41,44-55,57H,1-2,12-13H2/t14-,29?,33?,34-,40?,41-/m1/s1. The van der Waals surface area contributed by atoms with Gasteiger partial charge in [0.2, 0.25) is 0 Å². The molecule has 2 heterocycles. The smallest absolute Gasteiger partial charge is 0.338 e. The maximum absolute atomic E-state index is 14.1. The summed E-state index contributed by atoms with van der Waals surface area (Å²) in [4.78, 5) is 41.3. The van der Waals surface area contributed by atoms with Gasteiger partial charge in [-0.25, -0.2) is 9.59 Å². The lowest BCUT2D eigenvalue weighted by molar-refractivity contribution is -0.0443. The molecule has 5 aromatic rings. The average molecular weight is 873 g/mol. The number of aliphatic hydroxyl groups is 1. The van der Waals surface area contributed by atoms with Crippen LogP contribution < -0.4 is 9.47 Å². The van der Waals surface area contributed by atoms with Crippen LogP contribution in [0.25, 0.3) is 0 Å². The average Bonchev–Trinajstić information content (AvgIpc) is 3.35. The summed E-state index contributed by atoms with van der Waals surface area (Å²) in [5.41, 5.74) is -1.67. The minimum atomic E-state index is -1.94. The molecular weight excluding hydrogens is 836 g/mol. The van der Waals surface area contributed by atoms with Crippen LogP contribution in [-0.4, -0.2) is 109 Å². The molecule has 328 valence electrons. The highest BCUT2D eigenvalue weighted by Gasteiger charge is 2.47. The lowest BCUT2D eigenvalue weighted by Crippen LogP contribution is -2.47. The number of hydrogen-bond acceptors (Lipinski definition) is 20. The van der Waals surface area contributed by atoms with Crippen LogP contribution in [0.1, 0.15) is 65.9 Å². The third-order valence-electron chi connectivity index (χ3n) is 11.2. The van der Waals surface area contributed by atoms with E-state index in [1.165, 1.54) is 0 Å². The van der Waals surface area contributed by atoms with Gasteiger partial charge in [-0.15, -0.1) is 0 Å². The molecule has 0 saturated heterocycles. The molecule has 0 radical (unpaired) electrons. The molecule has 20 nitrogen and oxygen atoms in total. The molecule has 0 fully saturated rings. The van der Waals surface area contributed by atoms with Crippen molar-refractivity contribution < 1.29 is 99.7 Å².